The zero-order valence-electron chi connectivity index (χ0n) is 8.75. The highest BCUT2D eigenvalue weighted by atomic mass is 35.5. The summed E-state index contributed by atoms with van der Waals surface area (Å²) >= 11 is 6.00. The predicted molar refractivity (Wildman–Crippen MR) is 59.9 cm³/mol. The van der Waals surface area contributed by atoms with E-state index in [1.165, 1.54) is 0 Å². The van der Waals surface area contributed by atoms with Crippen LogP contribution in [0.4, 0.5) is 0 Å². The Hall–Kier alpha value is -1.24. The number of hydrogen-bond donors (Lipinski definition) is 1. The van der Waals surface area contributed by atoms with Gasteiger partial charge < -0.3 is 10.1 Å². The number of nitriles is 1. The minimum atomic E-state index is -0.500. The quantitative estimate of drug-likeness (QED) is 0.854. The lowest BCUT2D eigenvalue weighted by molar-refractivity contribution is 0.273. The molecule has 0 saturated heterocycles. The van der Waals surface area contributed by atoms with Crippen LogP contribution < -0.4 is 10.1 Å². The van der Waals surface area contributed by atoms with E-state index in [9.17, 15) is 0 Å². The molecule has 0 aliphatic heterocycles. The van der Waals surface area contributed by atoms with E-state index in [0.717, 1.165) is 5.56 Å². The van der Waals surface area contributed by atoms with E-state index in [0.29, 0.717) is 17.3 Å². The molecule has 0 radical (unpaired) electrons. The second-order valence-corrected chi connectivity index (χ2v) is 3.55. The third-order valence-corrected chi connectivity index (χ3v) is 2.19. The van der Waals surface area contributed by atoms with Crippen LogP contribution in [0.5, 0.6) is 5.75 Å². The summed E-state index contributed by atoms with van der Waals surface area (Å²) in [5, 5.41) is 12.2. The van der Waals surface area contributed by atoms with Crippen molar-refractivity contribution in [2.75, 3.05) is 7.05 Å². The maximum absolute atomic E-state index is 8.67. The monoisotopic (exact) mass is 224 g/mol. The van der Waals surface area contributed by atoms with Gasteiger partial charge in [0.1, 0.15) is 11.8 Å². The van der Waals surface area contributed by atoms with Gasteiger partial charge in [-0.05, 0) is 20.0 Å². The van der Waals surface area contributed by atoms with Crippen molar-refractivity contribution in [3.05, 3.63) is 28.8 Å². The molecule has 0 aliphatic rings. The SMILES string of the molecule is CNCc1cccc(Cl)c1OC(C)C#N. The fraction of sp³-hybridized carbons (Fsp3) is 0.364. The fourth-order valence-electron chi connectivity index (χ4n) is 1.22. The molecule has 1 unspecified atom stereocenters. The molecule has 0 saturated carbocycles. The van der Waals surface area contributed by atoms with Crippen LogP contribution in [-0.2, 0) is 6.54 Å². The lowest BCUT2D eigenvalue weighted by Gasteiger charge is -2.13. The summed E-state index contributed by atoms with van der Waals surface area (Å²) in [6, 6.07) is 7.54. The Morgan fingerprint density at radius 3 is 2.93 bits per heavy atom. The van der Waals surface area contributed by atoms with E-state index in [4.69, 9.17) is 21.6 Å². The largest absolute Gasteiger partial charge is 0.474 e. The summed E-state index contributed by atoms with van der Waals surface area (Å²) in [4.78, 5) is 0. The molecule has 0 bridgehead atoms. The maximum Gasteiger partial charge on any atom is 0.181 e. The van der Waals surface area contributed by atoms with Crippen LogP contribution >= 0.6 is 11.6 Å². The molecule has 0 aromatic heterocycles. The summed E-state index contributed by atoms with van der Waals surface area (Å²) < 4.78 is 5.44. The van der Waals surface area contributed by atoms with Gasteiger partial charge in [0.05, 0.1) is 5.02 Å². The van der Waals surface area contributed by atoms with Crippen molar-refractivity contribution in [3.63, 3.8) is 0 Å². The number of hydrogen-bond acceptors (Lipinski definition) is 3. The van der Waals surface area contributed by atoms with E-state index in [1.807, 2.05) is 25.2 Å². The van der Waals surface area contributed by atoms with Crippen LogP contribution in [-0.4, -0.2) is 13.2 Å². The predicted octanol–water partition coefficient (Wildman–Crippen LogP) is 2.35. The summed E-state index contributed by atoms with van der Waals surface area (Å²) in [6.07, 6.45) is -0.500. The van der Waals surface area contributed by atoms with E-state index in [-0.39, 0.29) is 0 Å². The third kappa shape index (κ3) is 3.12. The smallest absolute Gasteiger partial charge is 0.181 e. The molecule has 4 heteroatoms. The summed E-state index contributed by atoms with van der Waals surface area (Å²) in [6.45, 7) is 2.35. The van der Waals surface area contributed by atoms with Gasteiger partial charge in [-0.3, -0.25) is 0 Å². The van der Waals surface area contributed by atoms with Crippen LogP contribution in [0.2, 0.25) is 5.02 Å². The first kappa shape index (κ1) is 11.8. The highest BCUT2D eigenvalue weighted by molar-refractivity contribution is 6.32. The average Bonchev–Trinajstić information content (AvgIpc) is 2.23. The Balaban J connectivity index is 2.97. The molecule has 1 aromatic rings. The van der Waals surface area contributed by atoms with Crippen LogP contribution in [0.25, 0.3) is 0 Å². The van der Waals surface area contributed by atoms with Crippen molar-refractivity contribution in [3.8, 4) is 11.8 Å². The van der Waals surface area contributed by atoms with Gasteiger partial charge in [-0.2, -0.15) is 5.26 Å². The minimum Gasteiger partial charge on any atom is -0.474 e. The van der Waals surface area contributed by atoms with E-state index in [2.05, 4.69) is 5.32 Å². The second kappa shape index (κ2) is 5.59. The molecule has 80 valence electrons. The zero-order valence-corrected chi connectivity index (χ0v) is 9.51. The summed E-state index contributed by atoms with van der Waals surface area (Å²) in [7, 11) is 1.85. The van der Waals surface area contributed by atoms with Crippen LogP contribution in [0.15, 0.2) is 18.2 Å². The van der Waals surface area contributed by atoms with Gasteiger partial charge in [-0.1, -0.05) is 23.7 Å². The topological polar surface area (TPSA) is 45.0 Å². The maximum atomic E-state index is 8.67. The first-order chi connectivity index (χ1) is 7.19. The molecule has 3 nitrogen and oxygen atoms in total. The molecule has 1 N–H and O–H groups in total. The second-order valence-electron chi connectivity index (χ2n) is 3.15. The highest BCUT2D eigenvalue weighted by Gasteiger charge is 2.10. The van der Waals surface area contributed by atoms with E-state index >= 15 is 0 Å². The van der Waals surface area contributed by atoms with Crippen LogP contribution in [0, 0.1) is 11.3 Å². The Kier molecular flexibility index (Phi) is 4.41. The molecule has 0 aliphatic carbocycles. The van der Waals surface area contributed by atoms with Gasteiger partial charge in [-0.15, -0.1) is 0 Å². The normalized spacial score (nSPS) is 11.9. The van der Waals surface area contributed by atoms with Gasteiger partial charge in [0, 0.05) is 12.1 Å². The molecule has 1 aromatic carbocycles. The number of nitrogens with zero attached hydrogens (tertiary/aromatic N) is 1. The lowest BCUT2D eigenvalue weighted by Crippen LogP contribution is -2.13. The number of para-hydroxylation sites is 1. The molecule has 1 rings (SSSR count). The fourth-order valence-corrected chi connectivity index (χ4v) is 1.46. The van der Waals surface area contributed by atoms with Crippen molar-refractivity contribution < 1.29 is 4.74 Å². The van der Waals surface area contributed by atoms with Crippen molar-refractivity contribution >= 4 is 11.6 Å². The van der Waals surface area contributed by atoms with Gasteiger partial charge in [-0.25, -0.2) is 0 Å². The zero-order chi connectivity index (χ0) is 11.3. The third-order valence-electron chi connectivity index (χ3n) is 1.89. The van der Waals surface area contributed by atoms with E-state index in [1.54, 1.807) is 13.0 Å². The van der Waals surface area contributed by atoms with Crippen molar-refractivity contribution in [1.82, 2.24) is 5.32 Å². The van der Waals surface area contributed by atoms with Crippen LogP contribution in [0.3, 0.4) is 0 Å². The minimum absolute atomic E-state index is 0.500. The standard InChI is InChI=1S/C11H13ClN2O/c1-8(6-13)15-11-9(7-14-2)4-3-5-10(11)12/h3-5,8,14H,7H2,1-2H3. The molecular formula is C11H13ClN2O. The molecular weight excluding hydrogens is 212 g/mol. The number of rotatable bonds is 4. The van der Waals surface area contributed by atoms with Crippen molar-refractivity contribution in [2.24, 2.45) is 0 Å². The molecule has 0 fully saturated rings. The van der Waals surface area contributed by atoms with Gasteiger partial charge >= 0.3 is 0 Å². The number of nitrogens with one attached hydrogen (secondary N) is 1. The Bertz CT molecular complexity index is 373. The molecule has 0 spiro atoms. The Morgan fingerprint density at radius 2 is 2.33 bits per heavy atom. The van der Waals surface area contributed by atoms with Crippen molar-refractivity contribution in [2.45, 2.75) is 19.6 Å². The Morgan fingerprint density at radius 1 is 1.60 bits per heavy atom. The molecule has 0 amide bonds. The van der Waals surface area contributed by atoms with Gasteiger partial charge in [0.15, 0.2) is 6.10 Å². The van der Waals surface area contributed by atoms with E-state index < -0.39 is 6.10 Å². The molecule has 1 atom stereocenters. The summed E-state index contributed by atoms with van der Waals surface area (Å²) in [5.41, 5.74) is 0.951. The summed E-state index contributed by atoms with van der Waals surface area (Å²) in [5.74, 6) is 0.586. The highest BCUT2D eigenvalue weighted by Crippen LogP contribution is 2.29. The first-order valence-corrected chi connectivity index (χ1v) is 5.05. The number of benzene rings is 1. The van der Waals surface area contributed by atoms with Crippen LogP contribution in [0.1, 0.15) is 12.5 Å². The Labute approximate surface area is 94.6 Å². The van der Waals surface area contributed by atoms with Gasteiger partial charge in [0.2, 0.25) is 0 Å². The van der Waals surface area contributed by atoms with Gasteiger partial charge in [0.25, 0.3) is 0 Å². The first-order valence-electron chi connectivity index (χ1n) is 4.67. The van der Waals surface area contributed by atoms with Crippen molar-refractivity contribution in [1.29, 1.82) is 5.26 Å². The lowest BCUT2D eigenvalue weighted by atomic mass is 10.2. The number of halogens is 1. The number of ether oxygens (including phenoxy) is 1. The molecule has 15 heavy (non-hydrogen) atoms. The average molecular weight is 225 g/mol. The molecule has 0 heterocycles.